The monoisotopic (exact) mass is 384 g/mol. The van der Waals surface area contributed by atoms with Crippen LogP contribution in [0.1, 0.15) is 18.9 Å². The lowest BCUT2D eigenvalue weighted by atomic mass is 10.0. The van der Waals surface area contributed by atoms with E-state index in [2.05, 4.69) is 6.92 Å². The first-order chi connectivity index (χ1) is 13.4. The lowest BCUT2D eigenvalue weighted by molar-refractivity contribution is -0.139. The van der Waals surface area contributed by atoms with Gasteiger partial charge in [0.15, 0.2) is 12.0 Å². The minimum atomic E-state index is -1.16. The van der Waals surface area contributed by atoms with E-state index in [4.69, 9.17) is 19.0 Å². The number of phenolic OH excluding ortho intramolecular Hbond substituents is 1. The lowest BCUT2D eigenvalue weighted by Crippen LogP contribution is -2.09. The fraction of sp³-hybridized carbons (Fsp3) is 0.238. The van der Waals surface area contributed by atoms with Crippen LogP contribution < -0.4 is 14.9 Å². The van der Waals surface area contributed by atoms with Crippen LogP contribution in [0.2, 0.25) is 0 Å². The molecule has 2 aromatic carbocycles. The number of carboxylic acid groups (broad SMARTS) is 1. The summed E-state index contributed by atoms with van der Waals surface area (Å²) in [5, 5.41) is 18.9. The number of aromatic hydroxyl groups is 1. The molecule has 0 unspecified atom stereocenters. The van der Waals surface area contributed by atoms with Gasteiger partial charge in [0, 0.05) is 23.8 Å². The van der Waals surface area contributed by atoms with Gasteiger partial charge in [0.25, 0.3) is 0 Å². The van der Waals surface area contributed by atoms with E-state index in [1.54, 1.807) is 13.2 Å². The Morgan fingerprint density at radius 3 is 2.64 bits per heavy atom. The van der Waals surface area contributed by atoms with Gasteiger partial charge in [-0.3, -0.25) is 4.79 Å². The zero-order valence-electron chi connectivity index (χ0n) is 15.5. The van der Waals surface area contributed by atoms with Crippen molar-refractivity contribution < 1.29 is 28.9 Å². The summed E-state index contributed by atoms with van der Waals surface area (Å²) in [5.74, 6) is -0.312. The van der Waals surface area contributed by atoms with Gasteiger partial charge >= 0.3 is 5.97 Å². The highest BCUT2D eigenvalue weighted by atomic mass is 16.5. The highest BCUT2D eigenvalue weighted by molar-refractivity contribution is 5.86. The molecule has 2 N–H and O–H groups in total. The van der Waals surface area contributed by atoms with Crippen LogP contribution in [0, 0.1) is 0 Å². The van der Waals surface area contributed by atoms with Crippen molar-refractivity contribution in [2.45, 2.75) is 19.8 Å². The third-order valence-corrected chi connectivity index (χ3v) is 4.23. The number of hydrogen-bond acceptors (Lipinski definition) is 6. The van der Waals surface area contributed by atoms with Crippen LogP contribution in [-0.2, 0) is 11.2 Å². The highest BCUT2D eigenvalue weighted by Gasteiger charge is 2.14. The minimum absolute atomic E-state index is 0.00807. The number of aryl methyl sites for hydroxylation is 1. The number of rotatable bonds is 7. The minimum Gasteiger partial charge on any atom is -0.507 e. The Morgan fingerprint density at radius 2 is 1.96 bits per heavy atom. The van der Waals surface area contributed by atoms with Crippen molar-refractivity contribution in [1.82, 2.24) is 0 Å². The quantitative estimate of drug-likeness (QED) is 0.641. The molecule has 0 bridgehead atoms. The van der Waals surface area contributed by atoms with Gasteiger partial charge in [0.2, 0.25) is 0 Å². The Balaban J connectivity index is 2.11. The summed E-state index contributed by atoms with van der Waals surface area (Å²) in [4.78, 5) is 23.2. The number of carbonyl (C=O) groups is 1. The average Bonchev–Trinajstić information content (AvgIpc) is 2.66. The topological polar surface area (TPSA) is 106 Å². The van der Waals surface area contributed by atoms with Crippen LogP contribution in [0.25, 0.3) is 22.3 Å². The van der Waals surface area contributed by atoms with Crippen LogP contribution in [0.15, 0.2) is 45.6 Å². The van der Waals surface area contributed by atoms with E-state index in [0.717, 1.165) is 24.2 Å². The maximum absolute atomic E-state index is 12.5. The molecule has 7 nitrogen and oxygen atoms in total. The summed E-state index contributed by atoms with van der Waals surface area (Å²) in [6.45, 7) is 1.48. The average molecular weight is 384 g/mol. The Morgan fingerprint density at radius 1 is 1.18 bits per heavy atom. The number of fused-ring (bicyclic) bond motifs is 1. The number of hydrogen-bond donors (Lipinski definition) is 2. The Hall–Kier alpha value is -3.48. The molecular formula is C21H20O7. The van der Waals surface area contributed by atoms with E-state index in [1.165, 1.54) is 18.2 Å². The van der Waals surface area contributed by atoms with Crippen molar-refractivity contribution in [2.24, 2.45) is 0 Å². The zero-order valence-corrected chi connectivity index (χ0v) is 15.5. The Labute approximate surface area is 160 Å². The molecule has 0 aliphatic rings. The molecule has 0 spiro atoms. The molecule has 0 saturated carbocycles. The zero-order chi connectivity index (χ0) is 20.3. The Bertz CT molecular complexity index is 1080. The summed E-state index contributed by atoms with van der Waals surface area (Å²) >= 11 is 0. The van der Waals surface area contributed by atoms with Crippen molar-refractivity contribution in [3.05, 3.63) is 52.2 Å². The van der Waals surface area contributed by atoms with Crippen LogP contribution in [0.5, 0.6) is 17.2 Å². The van der Waals surface area contributed by atoms with Gasteiger partial charge < -0.3 is 24.1 Å². The molecule has 0 atom stereocenters. The first kappa shape index (κ1) is 19.3. The van der Waals surface area contributed by atoms with Crippen molar-refractivity contribution in [1.29, 1.82) is 0 Å². The third kappa shape index (κ3) is 3.93. The van der Waals surface area contributed by atoms with Gasteiger partial charge in [-0.2, -0.15) is 0 Å². The molecule has 0 amide bonds. The number of aliphatic carboxylic acids is 1. The molecule has 0 saturated heterocycles. The summed E-state index contributed by atoms with van der Waals surface area (Å²) in [6.07, 6.45) is 1.74. The highest BCUT2D eigenvalue weighted by Crippen LogP contribution is 2.32. The second-order valence-electron chi connectivity index (χ2n) is 6.25. The summed E-state index contributed by atoms with van der Waals surface area (Å²) in [5.41, 5.74) is 1.38. The molecule has 0 radical (unpaired) electrons. The van der Waals surface area contributed by atoms with E-state index < -0.39 is 18.0 Å². The predicted octanol–water partition coefficient (Wildman–Crippen LogP) is 3.59. The van der Waals surface area contributed by atoms with E-state index in [9.17, 15) is 14.7 Å². The van der Waals surface area contributed by atoms with Gasteiger partial charge in [0.1, 0.15) is 34.0 Å². The van der Waals surface area contributed by atoms with Gasteiger partial charge in [-0.05, 0) is 30.2 Å². The molecule has 28 heavy (non-hydrogen) atoms. The molecule has 7 heteroatoms. The number of carboxylic acids is 1. The standard InChI is InChI=1S/C21H20O7/c1-3-4-12-7-13(5-6-17(12)26-2)18-10-16(23)21-15(22)8-14(9-19(21)28-18)27-11-20(24)25/h5-10,22H,3-4,11H2,1-2H3,(H,24,25). The smallest absolute Gasteiger partial charge is 0.341 e. The largest absolute Gasteiger partial charge is 0.507 e. The molecule has 146 valence electrons. The number of phenols is 1. The summed E-state index contributed by atoms with van der Waals surface area (Å²) in [7, 11) is 1.60. The molecule has 1 heterocycles. The van der Waals surface area contributed by atoms with Crippen LogP contribution in [0.4, 0.5) is 0 Å². The van der Waals surface area contributed by atoms with Crippen molar-refractivity contribution >= 4 is 16.9 Å². The lowest BCUT2D eigenvalue weighted by Gasteiger charge is -2.11. The van der Waals surface area contributed by atoms with Gasteiger partial charge in [0.05, 0.1) is 7.11 Å². The van der Waals surface area contributed by atoms with Crippen LogP contribution >= 0.6 is 0 Å². The molecule has 1 aromatic heterocycles. The number of methoxy groups -OCH3 is 1. The van der Waals surface area contributed by atoms with Crippen molar-refractivity contribution in [3.8, 4) is 28.6 Å². The van der Waals surface area contributed by atoms with Gasteiger partial charge in [-0.25, -0.2) is 4.79 Å². The van der Waals surface area contributed by atoms with Gasteiger partial charge in [-0.15, -0.1) is 0 Å². The van der Waals surface area contributed by atoms with E-state index in [0.29, 0.717) is 11.3 Å². The van der Waals surface area contributed by atoms with E-state index in [1.807, 2.05) is 12.1 Å². The first-order valence-electron chi connectivity index (χ1n) is 8.75. The molecule has 3 rings (SSSR count). The Kier molecular flexibility index (Phi) is 5.54. The molecular weight excluding hydrogens is 364 g/mol. The fourth-order valence-electron chi connectivity index (χ4n) is 3.01. The van der Waals surface area contributed by atoms with E-state index in [-0.39, 0.29) is 22.5 Å². The second-order valence-corrected chi connectivity index (χ2v) is 6.25. The van der Waals surface area contributed by atoms with Crippen LogP contribution in [0.3, 0.4) is 0 Å². The molecule has 0 fully saturated rings. The molecule has 0 aliphatic carbocycles. The molecule has 3 aromatic rings. The normalized spacial score (nSPS) is 10.8. The van der Waals surface area contributed by atoms with Gasteiger partial charge in [-0.1, -0.05) is 13.3 Å². The van der Waals surface area contributed by atoms with Crippen molar-refractivity contribution in [2.75, 3.05) is 13.7 Å². The second kappa shape index (κ2) is 8.04. The van der Waals surface area contributed by atoms with E-state index >= 15 is 0 Å². The summed E-state index contributed by atoms with van der Waals surface area (Å²) < 4.78 is 16.3. The molecule has 0 aliphatic heterocycles. The third-order valence-electron chi connectivity index (χ3n) is 4.23. The SMILES string of the molecule is CCCc1cc(-c2cc(=O)c3c(O)cc(OCC(=O)O)cc3o2)ccc1OC. The maximum Gasteiger partial charge on any atom is 0.341 e. The maximum atomic E-state index is 12.5. The number of ether oxygens (including phenoxy) is 2. The predicted molar refractivity (Wildman–Crippen MR) is 103 cm³/mol. The number of benzene rings is 2. The summed E-state index contributed by atoms with van der Waals surface area (Å²) in [6, 6.07) is 9.39. The van der Waals surface area contributed by atoms with Crippen LogP contribution in [-0.4, -0.2) is 29.9 Å². The fourth-order valence-corrected chi connectivity index (χ4v) is 3.01. The first-order valence-corrected chi connectivity index (χ1v) is 8.75. The van der Waals surface area contributed by atoms with Crippen molar-refractivity contribution in [3.63, 3.8) is 0 Å².